The van der Waals surface area contributed by atoms with Crippen LogP contribution >= 0.6 is 0 Å². The predicted octanol–water partition coefficient (Wildman–Crippen LogP) is 2.00. The van der Waals surface area contributed by atoms with Gasteiger partial charge in [-0.25, -0.2) is 23.1 Å². The number of ether oxygens (including phenoxy) is 2. The van der Waals surface area contributed by atoms with E-state index in [2.05, 4.69) is 19.4 Å². The fraction of sp³-hybridized carbons (Fsp3) is 0.412. The number of morpholine rings is 1. The van der Waals surface area contributed by atoms with Crippen LogP contribution in [-0.2, 0) is 21.3 Å². The Balaban J connectivity index is 1.69. The molecule has 1 aliphatic heterocycles. The van der Waals surface area contributed by atoms with Gasteiger partial charge in [-0.05, 0) is 31.2 Å². The second-order valence-corrected chi connectivity index (χ2v) is 7.99. The van der Waals surface area contributed by atoms with Gasteiger partial charge in [-0.15, -0.1) is 13.2 Å². The number of hydrogen-bond donors (Lipinski definition) is 1. The third-order valence-electron chi connectivity index (χ3n) is 4.01. The predicted molar refractivity (Wildman–Crippen MR) is 97.0 cm³/mol. The van der Waals surface area contributed by atoms with Gasteiger partial charge in [0.05, 0.1) is 24.7 Å². The van der Waals surface area contributed by atoms with Crippen LogP contribution in [0.3, 0.4) is 0 Å². The Labute approximate surface area is 165 Å². The minimum Gasteiger partial charge on any atom is -0.406 e. The van der Waals surface area contributed by atoms with E-state index in [-0.39, 0.29) is 17.3 Å². The smallest absolute Gasteiger partial charge is 0.406 e. The first-order chi connectivity index (χ1) is 13.6. The number of nitrogens with zero attached hydrogens (tertiary/aromatic N) is 3. The van der Waals surface area contributed by atoms with Gasteiger partial charge in [0, 0.05) is 24.8 Å². The third kappa shape index (κ3) is 6.02. The van der Waals surface area contributed by atoms with Gasteiger partial charge in [0.1, 0.15) is 17.4 Å². The summed E-state index contributed by atoms with van der Waals surface area (Å²) >= 11 is 0. The lowest BCUT2D eigenvalue weighted by atomic mass is 10.3. The molecule has 1 N–H and O–H groups in total. The molecule has 0 spiro atoms. The first kappa shape index (κ1) is 21.3. The van der Waals surface area contributed by atoms with Gasteiger partial charge in [0.25, 0.3) is 0 Å². The van der Waals surface area contributed by atoms with Crippen LogP contribution in [-0.4, -0.2) is 51.1 Å². The summed E-state index contributed by atoms with van der Waals surface area (Å²) in [6, 6.07) is 5.73. The monoisotopic (exact) mass is 432 g/mol. The molecule has 0 aliphatic carbocycles. The van der Waals surface area contributed by atoms with Crippen molar-refractivity contribution in [2.75, 3.05) is 31.2 Å². The van der Waals surface area contributed by atoms with Crippen LogP contribution in [0.1, 0.15) is 11.5 Å². The summed E-state index contributed by atoms with van der Waals surface area (Å²) in [5.41, 5.74) is 0.685. The Morgan fingerprint density at radius 2 is 1.83 bits per heavy atom. The van der Waals surface area contributed by atoms with E-state index in [0.29, 0.717) is 37.8 Å². The van der Waals surface area contributed by atoms with E-state index in [0.717, 1.165) is 24.3 Å². The molecule has 0 amide bonds. The molecule has 0 saturated carbocycles. The number of aromatic nitrogens is 2. The van der Waals surface area contributed by atoms with Crippen LogP contribution in [0, 0.1) is 6.92 Å². The standard InChI is InChI=1S/C17H19F3N4O4S/c1-12-10-16(24-6-8-27-9-7-24)23-15(22-12)11-21-29(25,26)14-4-2-13(3-5-14)28-17(18,19)20/h2-5,10,21H,6-9,11H2,1H3. The molecule has 1 aliphatic rings. The molecule has 1 aromatic carbocycles. The molecule has 1 aromatic heterocycles. The van der Waals surface area contributed by atoms with Crippen molar-refractivity contribution in [2.24, 2.45) is 0 Å². The summed E-state index contributed by atoms with van der Waals surface area (Å²) in [5.74, 6) is 0.462. The third-order valence-corrected chi connectivity index (χ3v) is 5.43. The Morgan fingerprint density at radius 1 is 1.17 bits per heavy atom. The van der Waals surface area contributed by atoms with E-state index < -0.39 is 22.1 Å². The number of rotatable bonds is 6. The molecule has 12 heteroatoms. The Hall–Kier alpha value is -2.44. The molecule has 1 saturated heterocycles. The van der Waals surface area contributed by atoms with Crippen LogP contribution in [0.15, 0.2) is 35.2 Å². The number of sulfonamides is 1. The van der Waals surface area contributed by atoms with Crippen molar-refractivity contribution in [2.45, 2.75) is 24.7 Å². The van der Waals surface area contributed by atoms with Crippen molar-refractivity contribution in [3.05, 3.63) is 41.9 Å². The van der Waals surface area contributed by atoms with Crippen molar-refractivity contribution in [1.82, 2.24) is 14.7 Å². The molecule has 0 bridgehead atoms. The molecule has 3 rings (SSSR count). The highest BCUT2D eigenvalue weighted by atomic mass is 32.2. The van der Waals surface area contributed by atoms with Crippen molar-refractivity contribution in [3.63, 3.8) is 0 Å². The number of halogens is 3. The fourth-order valence-electron chi connectivity index (χ4n) is 2.71. The second-order valence-electron chi connectivity index (χ2n) is 6.23. The molecule has 2 aromatic rings. The van der Waals surface area contributed by atoms with Gasteiger partial charge in [0.15, 0.2) is 0 Å². The molecule has 0 atom stereocenters. The van der Waals surface area contributed by atoms with Gasteiger partial charge in [-0.1, -0.05) is 0 Å². The average molecular weight is 432 g/mol. The van der Waals surface area contributed by atoms with Gasteiger partial charge in [-0.3, -0.25) is 0 Å². The van der Waals surface area contributed by atoms with E-state index >= 15 is 0 Å². The minimum atomic E-state index is -4.85. The van der Waals surface area contributed by atoms with Crippen LogP contribution in [0.2, 0.25) is 0 Å². The lowest BCUT2D eigenvalue weighted by Gasteiger charge is -2.28. The van der Waals surface area contributed by atoms with Crippen molar-refractivity contribution >= 4 is 15.8 Å². The molecular formula is C17H19F3N4O4S. The molecular weight excluding hydrogens is 413 g/mol. The van der Waals surface area contributed by atoms with Gasteiger partial charge < -0.3 is 14.4 Å². The molecule has 29 heavy (non-hydrogen) atoms. The average Bonchev–Trinajstić information content (AvgIpc) is 2.66. The van der Waals surface area contributed by atoms with Crippen LogP contribution < -0.4 is 14.4 Å². The van der Waals surface area contributed by atoms with Crippen LogP contribution in [0.4, 0.5) is 19.0 Å². The number of aryl methyl sites for hydroxylation is 1. The fourth-order valence-corrected chi connectivity index (χ4v) is 3.69. The Morgan fingerprint density at radius 3 is 2.45 bits per heavy atom. The maximum Gasteiger partial charge on any atom is 0.573 e. The van der Waals surface area contributed by atoms with E-state index in [1.807, 2.05) is 11.0 Å². The highest BCUT2D eigenvalue weighted by Crippen LogP contribution is 2.24. The maximum atomic E-state index is 12.4. The first-order valence-electron chi connectivity index (χ1n) is 8.65. The van der Waals surface area contributed by atoms with E-state index in [1.54, 1.807) is 6.92 Å². The van der Waals surface area contributed by atoms with Crippen LogP contribution in [0.25, 0.3) is 0 Å². The maximum absolute atomic E-state index is 12.4. The molecule has 0 radical (unpaired) electrons. The zero-order valence-electron chi connectivity index (χ0n) is 15.4. The Bertz CT molecular complexity index is 946. The summed E-state index contributed by atoms with van der Waals surface area (Å²) in [6.07, 6.45) is -4.85. The second kappa shape index (κ2) is 8.51. The Kier molecular flexibility index (Phi) is 6.24. The minimum absolute atomic E-state index is 0.165. The zero-order chi connectivity index (χ0) is 21.1. The quantitative estimate of drug-likeness (QED) is 0.746. The number of alkyl halides is 3. The molecule has 2 heterocycles. The molecule has 0 unspecified atom stereocenters. The van der Waals surface area contributed by atoms with E-state index in [9.17, 15) is 21.6 Å². The van der Waals surface area contributed by atoms with Gasteiger partial charge >= 0.3 is 6.36 Å². The summed E-state index contributed by atoms with van der Waals surface area (Å²) in [7, 11) is -3.97. The number of hydrogen-bond acceptors (Lipinski definition) is 7. The number of nitrogens with one attached hydrogen (secondary N) is 1. The summed E-state index contributed by atoms with van der Waals surface area (Å²) in [6.45, 7) is 4.13. The van der Waals surface area contributed by atoms with Crippen molar-refractivity contribution < 1.29 is 31.1 Å². The molecule has 1 fully saturated rings. The largest absolute Gasteiger partial charge is 0.573 e. The SMILES string of the molecule is Cc1cc(N2CCOCC2)nc(CNS(=O)(=O)c2ccc(OC(F)(F)F)cc2)n1. The molecule has 8 nitrogen and oxygen atoms in total. The highest BCUT2D eigenvalue weighted by Gasteiger charge is 2.31. The summed E-state index contributed by atoms with van der Waals surface area (Å²) < 4.78 is 72.9. The lowest BCUT2D eigenvalue weighted by Crippen LogP contribution is -2.37. The number of anilines is 1. The zero-order valence-corrected chi connectivity index (χ0v) is 16.3. The normalized spacial score (nSPS) is 15.4. The topological polar surface area (TPSA) is 93.7 Å². The van der Waals surface area contributed by atoms with Crippen LogP contribution in [0.5, 0.6) is 5.75 Å². The highest BCUT2D eigenvalue weighted by molar-refractivity contribution is 7.89. The van der Waals surface area contributed by atoms with E-state index in [1.165, 1.54) is 0 Å². The van der Waals surface area contributed by atoms with Crippen molar-refractivity contribution in [3.8, 4) is 5.75 Å². The number of benzene rings is 1. The van der Waals surface area contributed by atoms with Gasteiger partial charge in [0.2, 0.25) is 10.0 Å². The van der Waals surface area contributed by atoms with Crippen molar-refractivity contribution in [1.29, 1.82) is 0 Å². The van der Waals surface area contributed by atoms with Gasteiger partial charge in [-0.2, -0.15) is 0 Å². The lowest BCUT2D eigenvalue weighted by molar-refractivity contribution is -0.274. The summed E-state index contributed by atoms with van der Waals surface area (Å²) in [5, 5.41) is 0. The summed E-state index contributed by atoms with van der Waals surface area (Å²) in [4.78, 5) is 10.5. The van der Waals surface area contributed by atoms with E-state index in [4.69, 9.17) is 4.74 Å². The first-order valence-corrected chi connectivity index (χ1v) is 10.1. The molecule has 158 valence electrons.